The maximum absolute atomic E-state index is 12.4. The van der Waals surface area contributed by atoms with Crippen molar-refractivity contribution in [3.8, 4) is 0 Å². The van der Waals surface area contributed by atoms with Crippen molar-refractivity contribution in [2.24, 2.45) is 0 Å². The number of fused-ring (bicyclic) bond motifs is 1. The van der Waals surface area contributed by atoms with Crippen LogP contribution in [-0.4, -0.2) is 41.9 Å². The van der Waals surface area contributed by atoms with Crippen LogP contribution in [0.4, 0.5) is 5.69 Å². The van der Waals surface area contributed by atoms with Crippen LogP contribution < -0.4 is 5.32 Å². The van der Waals surface area contributed by atoms with E-state index in [2.05, 4.69) is 11.9 Å². The van der Waals surface area contributed by atoms with Gasteiger partial charge in [0.1, 0.15) is 0 Å². The lowest BCUT2D eigenvalue weighted by atomic mass is 9.94. The van der Waals surface area contributed by atoms with Crippen LogP contribution in [0.15, 0.2) is 55.1 Å². The number of amides is 2. The number of aryl methyl sites for hydroxylation is 1. The number of rotatable bonds is 6. The van der Waals surface area contributed by atoms with Crippen molar-refractivity contribution in [2.45, 2.75) is 39.7 Å². The predicted octanol–water partition coefficient (Wildman–Crippen LogP) is 5.45. The third-order valence-corrected chi connectivity index (χ3v) is 6.01. The van der Waals surface area contributed by atoms with Gasteiger partial charge in [-0.3, -0.25) is 9.59 Å². The number of halogens is 1. The van der Waals surface area contributed by atoms with Gasteiger partial charge in [-0.1, -0.05) is 49.4 Å². The molecule has 166 valence electrons. The Balaban J connectivity index is 0.000000357. The normalized spacial score (nSPS) is 13.7. The minimum Gasteiger partial charge on any atom is -0.368 e. The number of nitrogens with zero attached hydrogens (tertiary/aromatic N) is 2. The monoisotopic (exact) mass is 441 g/mol. The Morgan fingerprint density at radius 2 is 1.94 bits per heavy atom. The number of carbonyl (C=O) groups is 2. The third kappa shape index (κ3) is 5.67. The molecule has 0 atom stereocenters. The minimum atomic E-state index is -0.294. The fourth-order valence-corrected chi connectivity index (χ4v) is 3.52. The van der Waals surface area contributed by atoms with E-state index in [1.807, 2.05) is 77.2 Å². The number of hydrogen-bond donors (Lipinski definition) is 1. The predicted molar refractivity (Wildman–Crippen MR) is 128 cm³/mol. The number of anilines is 1. The maximum atomic E-state index is 12.4. The van der Waals surface area contributed by atoms with Crippen molar-refractivity contribution in [1.82, 2.24) is 9.80 Å². The molecule has 1 N–H and O–H groups in total. The summed E-state index contributed by atoms with van der Waals surface area (Å²) in [7, 11) is 1.82. The first-order chi connectivity index (χ1) is 14.6. The zero-order valence-corrected chi connectivity index (χ0v) is 19.8. The molecule has 0 bridgehead atoms. The Hall–Kier alpha value is -2.79. The molecule has 31 heavy (non-hydrogen) atoms. The van der Waals surface area contributed by atoms with Crippen molar-refractivity contribution in [2.75, 3.05) is 25.6 Å². The largest absolute Gasteiger partial charge is 0.368 e. The smallest absolute Gasteiger partial charge is 0.254 e. The highest BCUT2D eigenvalue weighted by atomic mass is 35.5. The van der Waals surface area contributed by atoms with Crippen LogP contribution in [0.5, 0.6) is 0 Å². The van der Waals surface area contributed by atoms with Gasteiger partial charge in [0.05, 0.1) is 12.2 Å². The van der Waals surface area contributed by atoms with Gasteiger partial charge in [-0.2, -0.15) is 0 Å². The van der Waals surface area contributed by atoms with Gasteiger partial charge >= 0.3 is 0 Å². The van der Waals surface area contributed by atoms with Crippen molar-refractivity contribution >= 4 is 29.1 Å². The molecular weight excluding hydrogens is 410 g/mol. The molecule has 2 aromatic carbocycles. The molecule has 0 unspecified atom stereocenters. The summed E-state index contributed by atoms with van der Waals surface area (Å²) in [6.07, 6.45) is 2.20. The molecule has 5 nitrogen and oxygen atoms in total. The van der Waals surface area contributed by atoms with Crippen LogP contribution in [0.25, 0.3) is 0 Å². The van der Waals surface area contributed by atoms with Crippen LogP contribution in [0.2, 0.25) is 5.02 Å². The lowest BCUT2D eigenvalue weighted by Crippen LogP contribution is -2.35. The molecule has 3 rings (SSSR count). The molecular formula is C25H32ClN3O2. The highest BCUT2D eigenvalue weighted by Crippen LogP contribution is 2.38. The molecule has 0 saturated carbocycles. The molecule has 1 heterocycles. The molecule has 1 aliphatic heterocycles. The maximum Gasteiger partial charge on any atom is 0.254 e. The first-order valence-corrected chi connectivity index (χ1v) is 10.8. The summed E-state index contributed by atoms with van der Waals surface area (Å²) in [6, 6.07) is 13.6. The van der Waals surface area contributed by atoms with E-state index in [1.54, 1.807) is 9.80 Å². The van der Waals surface area contributed by atoms with Gasteiger partial charge in [-0.05, 0) is 62.6 Å². The van der Waals surface area contributed by atoms with Gasteiger partial charge in [-0.25, -0.2) is 0 Å². The van der Waals surface area contributed by atoms with Gasteiger partial charge in [0, 0.05) is 29.9 Å². The van der Waals surface area contributed by atoms with E-state index in [-0.39, 0.29) is 17.4 Å². The molecule has 0 aliphatic carbocycles. The van der Waals surface area contributed by atoms with Crippen molar-refractivity contribution in [1.29, 1.82) is 0 Å². The standard InChI is InChI=1S/C18H25N3O2.C7H7Cl/c1-6-10-21(16(22)7-2)12-19-13-8-9-15-14(11-13)17(23)20(5)18(15,3)4;1-6-4-2-3-5-7(6)8/h7-9,11,19H,2,6,10,12H2,1,3-5H3;2-5H,1H3. The SMILES string of the molecule is C=CC(=O)N(CCC)CNc1ccc2c(c1)C(=O)N(C)C2(C)C.Cc1ccccc1Cl. The number of benzene rings is 2. The molecule has 6 heteroatoms. The van der Waals surface area contributed by atoms with E-state index in [0.717, 1.165) is 33.8 Å². The highest BCUT2D eigenvalue weighted by Gasteiger charge is 2.40. The fourth-order valence-electron chi connectivity index (χ4n) is 3.38. The van der Waals surface area contributed by atoms with Gasteiger partial charge in [0.2, 0.25) is 5.91 Å². The number of hydrogen-bond acceptors (Lipinski definition) is 3. The second kappa shape index (κ2) is 10.5. The number of carbonyl (C=O) groups excluding carboxylic acids is 2. The van der Waals surface area contributed by atoms with Crippen LogP contribution in [0.1, 0.15) is 48.7 Å². The van der Waals surface area contributed by atoms with E-state index in [1.165, 1.54) is 6.08 Å². The minimum absolute atomic E-state index is 0.0289. The molecule has 0 fully saturated rings. The quantitative estimate of drug-likeness (QED) is 0.479. The molecule has 0 aromatic heterocycles. The van der Waals surface area contributed by atoms with E-state index < -0.39 is 0 Å². The third-order valence-electron chi connectivity index (χ3n) is 5.58. The average Bonchev–Trinajstić information content (AvgIpc) is 2.93. The van der Waals surface area contributed by atoms with E-state index in [9.17, 15) is 9.59 Å². The van der Waals surface area contributed by atoms with Crippen LogP contribution in [0, 0.1) is 6.92 Å². The van der Waals surface area contributed by atoms with E-state index >= 15 is 0 Å². The Labute approximate surface area is 190 Å². The molecule has 0 saturated heterocycles. The molecule has 1 aliphatic rings. The number of nitrogens with one attached hydrogen (secondary N) is 1. The summed E-state index contributed by atoms with van der Waals surface area (Å²) in [5, 5.41) is 4.06. The van der Waals surface area contributed by atoms with Gasteiger partial charge in [-0.15, -0.1) is 0 Å². The van der Waals surface area contributed by atoms with Gasteiger partial charge < -0.3 is 15.1 Å². The summed E-state index contributed by atoms with van der Waals surface area (Å²) in [5.74, 6) is -0.0707. The average molecular weight is 442 g/mol. The summed E-state index contributed by atoms with van der Waals surface area (Å²) < 4.78 is 0. The Morgan fingerprint density at radius 3 is 2.48 bits per heavy atom. The topological polar surface area (TPSA) is 52.7 Å². The Morgan fingerprint density at radius 1 is 1.26 bits per heavy atom. The zero-order valence-electron chi connectivity index (χ0n) is 19.0. The second-order valence-corrected chi connectivity index (χ2v) is 8.48. The molecule has 2 aromatic rings. The Bertz CT molecular complexity index is 935. The van der Waals surface area contributed by atoms with Crippen molar-refractivity contribution < 1.29 is 9.59 Å². The molecule has 0 spiro atoms. The summed E-state index contributed by atoms with van der Waals surface area (Å²) in [5.41, 5.74) is 3.43. The van der Waals surface area contributed by atoms with Crippen molar-refractivity contribution in [3.05, 3.63) is 76.8 Å². The first-order valence-electron chi connectivity index (χ1n) is 10.4. The lowest BCUT2D eigenvalue weighted by molar-refractivity contribution is -0.125. The van der Waals surface area contributed by atoms with E-state index in [0.29, 0.717) is 13.2 Å². The molecule has 0 radical (unpaired) electrons. The second-order valence-electron chi connectivity index (χ2n) is 8.07. The van der Waals surface area contributed by atoms with Gasteiger partial charge in [0.25, 0.3) is 5.91 Å². The lowest BCUT2D eigenvalue weighted by Gasteiger charge is -2.28. The summed E-state index contributed by atoms with van der Waals surface area (Å²) >= 11 is 5.71. The van der Waals surface area contributed by atoms with Crippen LogP contribution in [-0.2, 0) is 10.3 Å². The Kier molecular flexibility index (Phi) is 8.28. The fraction of sp³-hybridized carbons (Fsp3) is 0.360. The van der Waals surface area contributed by atoms with Crippen LogP contribution in [0.3, 0.4) is 0 Å². The summed E-state index contributed by atoms with van der Waals surface area (Å²) in [4.78, 5) is 27.6. The van der Waals surface area contributed by atoms with Gasteiger partial charge in [0.15, 0.2) is 0 Å². The van der Waals surface area contributed by atoms with Crippen molar-refractivity contribution in [3.63, 3.8) is 0 Å². The van der Waals surface area contributed by atoms with E-state index in [4.69, 9.17) is 11.6 Å². The zero-order chi connectivity index (χ0) is 23.2. The first kappa shape index (κ1) is 24.5. The molecule has 2 amide bonds. The highest BCUT2D eigenvalue weighted by molar-refractivity contribution is 6.31. The summed E-state index contributed by atoms with van der Waals surface area (Å²) in [6.45, 7) is 12.7. The van der Waals surface area contributed by atoms with Crippen LogP contribution >= 0.6 is 11.6 Å².